The van der Waals surface area contributed by atoms with Crippen molar-refractivity contribution < 1.29 is 14.0 Å². The summed E-state index contributed by atoms with van der Waals surface area (Å²) in [7, 11) is 0. The molecule has 7 heteroatoms. The van der Waals surface area contributed by atoms with Crippen molar-refractivity contribution in [2.24, 2.45) is 5.92 Å². The SMILES string of the molecule is O=C(CCN1CCc2sccc2C1c1cccc(F)c1)N1CCN(C(=O)C2CC2)CC1. The van der Waals surface area contributed by atoms with Gasteiger partial charge in [-0.25, -0.2) is 4.39 Å². The van der Waals surface area contributed by atoms with Crippen LogP contribution in [0.2, 0.25) is 0 Å². The first-order valence-corrected chi connectivity index (χ1v) is 12.1. The lowest BCUT2D eigenvalue weighted by Crippen LogP contribution is -2.51. The molecule has 1 aliphatic carbocycles. The molecule has 164 valence electrons. The minimum atomic E-state index is -0.227. The van der Waals surface area contributed by atoms with Crippen LogP contribution in [0.1, 0.15) is 41.3 Å². The van der Waals surface area contributed by atoms with Crippen LogP contribution in [0.5, 0.6) is 0 Å². The highest BCUT2D eigenvalue weighted by Crippen LogP contribution is 2.38. The summed E-state index contributed by atoms with van der Waals surface area (Å²) < 4.78 is 13.9. The van der Waals surface area contributed by atoms with Crippen LogP contribution >= 0.6 is 11.3 Å². The average Bonchev–Trinajstić information content (AvgIpc) is 3.53. The van der Waals surface area contributed by atoms with Crippen LogP contribution in [0.15, 0.2) is 35.7 Å². The van der Waals surface area contributed by atoms with Crippen molar-refractivity contribution in [3.8, 4) is 0 Å². The van der Waals surface area contributed by atoms with Gasteiger partial charge in [0.25, 0.3) is 0 Å². The number of piperazine rings is 1. The molecular formula is C24H28FN3O2S. The highest BCUT2D eigenvalue weighted by Gasteiger charge is 2.35. The molecule has 0 bridgehead atoms. The van der Waals surface area contributed by atoms with E-state index in [1.807, 2.05) is 15.9 Å². The maximum Gasteiger partial charge on any atom is 0.225 e. The van der Waals surface area contributed by atoms with Crippen LogP contribution in [0.3, 0.4) is 0 Å². The third-order valence-corrected chi connectivity index (χ3v) is 7.71. The van der Waals surface area contributed by atoms with E-state index in [1.54, 1.807) is 23.5 Å². The number of hydrogen-bond acceptors (Lipinski definition) is 4. The zero-order valence-corrected chi connectivity index (χ0v) is 18.5. The lowest BCUT2D eigenvalue weighted by atomic mass is 9.93. The summed E-state index contributed by atoms with van der Waals surface area (Å²) >= 11 is 1.76. The number of carbonyl (C=O) groups is 2. The first-order chi connectivity index (χ1) is 15.1. The van der Waals surface area contributed by atoms with Crippen molar-refractivity contribution >= 4 is 23.2 Å². The average molecular weight is 442 g/mol. The fourth-order valence-electron chi connectivity index (χ4n) is 4.84. The minimum absolute atomic E-state index is 0.00786. The van der Waals surface area contributed by atoms with E-state index in [-0.39, 0.29) is 29.6 Å². The van der Waals surface area contributed by atoms with E-state index in [0.29, 0.717) is 39.1 Å². The highest BCUT2D eigenvalue weighted by molar-refractivity contribution is 7.10. The molecule has 1 aromatic carbocycles. The van der Waals surface area contributed by atoms with Gasteiger partial charge in [0.1, 0.15) is 5.82 Å². The minimum Gasteiger partial charge on any atom is -0.339 e. The molecule has 2 aromatic rings. The van der Waals surface area contributed by atoms with Crippen molar-refractivity contribution in [3.05, 3.63) is 57.5 Å². The van der Waals surface area contributed by atoms with Gasteiger partial charge in [-0.05, 0) is 54.0 Å². The monoisotopic (exact) mass is 441 g/mol. The van der Waals surface area contributed by atoms with Gasteiger partial charge < -0.3 is 9.80 Å². The quantitative estimate of drug-likeness (QED) is 0.715. The standard InChI is InChI=1S/C24H28FN3O2S/c25-19-3-1-2-18(16-19)23-20-8-15-31-21(20)6-9-27(23)10-7-22(29)26-11-13-28(14-12-26)24(30)17-4-5-17/h1-3,8,15-17,23H,4-7,9-14H2. The maximum absolute atomic E-state index is 13.9. The van der Waals surface area contributed by atoms with Gasteiger partial charge in [-0.1, -0.05) is 12.1 Å². The lowest BCUT2D eigenvalue weighted by Gasteiger charge is -2.38. The van der Waals surface area contributed by atoms with Gasteiger partial charge in [0, 0.05) is 56.5 Å². The number of carbonyl (C=O) groups excluding carboxylic acids is 2. The summed E-state index contributed by atoms with van der Waals surface area (Å²) in [6, 6.07) is 8.96. The van der Waals surface area contributed by atoms with Crippen molar-refractivity contribution in [3.63, 3.8) is 0 Å². The third kappa shape index (κ3) is 4.39. The number of fused-ring (bicyclic) bond motifs is 1. The van der Waals surface area contributed by atoms with Gasteiger partial charge >= 0.3 is 0 Å². The fourth-order valence-corrected chi connectivity index (χ4v) is 5.74. The second-order valence-electron chi connectivity index (χ2n) is 8.77. The Hall–Kier alpha value is -2.25. The molecule has 1 saturated heterocycles. The van der Waals surface area contributed by atoms with E-state index in [9.17, 15) is 14.0 Å². The fraction of sp³-hybridized carbons (Fsp3) is 0.500. The molecular weight excluding hydrogens is 413 g/mol. The first-order valence-electron chi connectivity index (χ1n) is 11.2. The molecule has 31 heavy (non-hydrogen) atoms. The van der Waals surface area contributed by atoms with Gasteiger partial charge in [0.15, 0.2) is 0 Å². The number of nitrogens with zero attached hydrogens (tertiary/aromatic N) is 3. The Morgan fingerprint density at radius 1 is 1.03 bits per heavy atom. The van der Waals surface area contributed by atoms with Crippen molar-refractivity contribution in [2.45, 2.75) is 31.7 Å². The Morgan fingerprint density at radius 2 is 1.81 bits per heavy atom. The molecule has 2 aliphatic heterocycles. The Balaban J connectivity index is 1.22. The molecule has 5 rings (SSSR count). The molecule has 2 amide bonds. The molecule has 3 heterocycles. The van der Waals surface area contributed by atoms with Gasteiger partial charge in [-0.3, -0.25) is 14.5 Å². The summed E-state index contributed by atoms with van der Waals surface area (Å²) in [5.41, 5.74) is 2.18. The molecule has 0 spiro atoms. The van der Waals surface area contributed by atoms with Crippen molar-refractivity contribution in [1.82, 2.24) is 14.7 Å². The Kier molecular flexibility index (Phi) is 5.80. The number of amides is 2. The zero-order valence-electron chi connectivity index (χ0n) is 17.6. The predicted molar refractivity (Wildman–Crippen MR) is 118 cm³/mol. The van der Waals surface area contributed by atoms with Crippen LogP contribution in [-0.4, -0.2) is 65.8 Å². The van der Waals surface area contributed by atoms with Crippen LogP contribution in [0.4, 0.5) is 4.39 Å². The summed E-state index contributed by atoms with van der Waals surface area (Å²) in [6.45, 7) is 4.06. The van der Waals surface area contributed by atoms with Gasteiger partial charge in [0.2, 0.25) is 11.8 Å². The predicted octanol–water partition coefficient (Wildman–Crippen LogP) is 3.31. The third-order valence-electron chi connectivity index (χ3n) is 6.71. The zero-order chi connectivity index (χ0) is 21.4. The van der Waals surface area contributed by atoms with Gasteiger partial charge in [-0.15, -0.1) is 11.3 Å². The number of rotatable bonds is 5. The summed E-state index contributed by atoms with van der Waals surface area (Å²) in [5, 5.41) is 2.11. The van der Waals surface area contributed by atoms with Crippen LogP contribution in [-0.2, 0) is 16.0 Å². The molecule has 5 nitrogen and oxygen atoms in total. The molecule has 0 radical (unpaired) electrons. The van der Waals surface area contributed by atoms with E-state index in [1.165, 1.54) is 16.5 Å². The number of halogens is 1. The number of thiophene rings is 1. The van der Waals surface area contributed by atoms with E-state index in [2.05, 4.69) is 16.3 Å². The van der Waals surface area contributed by atoms with Crippen LogP contribution in [0.25, 0.3) is 0 Å². The lowest BCUT2D eigenvalue weighted by molar-refractivity contribution is -0.140. The number of benzene rings is 1. The van der Waals surface area contributed by atoms with E-state index >= 15 is 0 Å². The van der Waals surface area contributed by atoms with Gasteiger partial charge in [-0.2, -0.15) is 0 Å². The first kappa shape index (κ1) is 20.6. The molecule has 1 saturated carbocycles. The maximum atomic E-state index is 13.9. The normalized spacial score (nSPS) is 21.8. The topological polar surface area (TPSA) is 43.9 Å². The van der Waals surface area contributed by atoms with Crippen LogP contribution < -0.4 is 0 Å². The Labute approximate surface area is 186 Å². The Morgan fingerprint density at radius 3 is 2.55 bits per heavy atom. The Bertz CT molecular complexity index is 965. The van der Waals surface area contributed by atoms with E-state index in [0.717, 1.165) is 31.4 Å². The highest BCUT2D eigenvalue weighted by atomic mass is 32.1. The molecule has 1 aromatic heterocycles. The largest absolute Gasteiger partial charge is 0.339 e. The molecule has 0 N–H and O–H groups in total. The molecule has 3 aliphatic rings. The van der Waals surface area contributed by atoms with Gasteiger partial charge in [0.05, 0.1) is 6.04 Å². The molecule has 1 atom stereocenters. The van der Waals surface area contributed by atoms with E-state index in [4.69, 9.17) is 0 Å². The van der Waals surface area contributed by atoms with E-state index < -0.39 is 0 Å². The molecule has 1 unspecified atom stereocenters. The van der Waals surface area contributed by atoms with Crippen molar-refractivity contribution in [1.29, 1.82) is 0 Å². The second-order valence-corrected chi connectivity index (χ2v) is 9.77. The smallest absolute Gasteiger partial charge is 0.225 e. The summed E-state index contributed by atoms with van der Waals surface area (Å²) in [5.74, 6) is 0.426. The summed E-state index contributed by atoms with van der Waals surface area (Å²) in [4.78, 5) is 32.6. The van der Waals surface area contributed by atoms with Crippen LogP contribution in [0, 0.1) is 11.7 Å². The summed E-state index contributed by atoms with van der Waals surface area (Å²) in [6.07, 6.45) is 3.45. The molecule has 2 fully saturated rings. The second kappa shape index (κ2) is 8.71. The number of hydrogen-bond donors (Lipinski definition) is 0. The van der Waals surface area contributed by atoms with Crippen molar-refractivity contribution in [2.75, 3.05) is 39.3 Å².